The maximum atomic E-state index is 12.3. The molecule has 0 aliphatic carbocycles. The summed E-state index contributed by atoms with van der Waals surface area (Å²) in [5.41, 5.74) is 0. The Balaban J connectivity index is 3.42. The fourth-order valence-electron chi connectivity index (χ4n) is 1.29. The molecular formula is C10H20FNO. The lowest BCUT2D eigenvalue weighted by molar-refractivity contribution is -0.119. The number of carbonyl (C=O) groups excluding carboxylic acids is 1. The number of nitrogens with one attached hydrogen (secondary N) is 1. The van der Waals surface area contributed by atoms with Gasteiger partial charge in [-0.25, -0.2) is 4.39 Å². The minimum Gasteiger partial charge on any atom is -0.351 e. The van der Waals surface area contributed by atoms with E-state index in [0.29, 0.717) is 0 Å². The van der Waals surface area contributed by atoms with Crippen LogP contribution < -0.4 is 5.32 Å². The highest BCUT2D eigenvalue weighted by atomic mass is 19.1. The Labute approximate surface area is 79.9 Å². The Hall–Kier alpha value is -0.600. The first-order chi connectivity index (χ1) is 6.20. The average molecular weight is 189 g/mol. The van der Waals surface area contributed by atoms with Crippen LogP contribution >= 0.6 is 0 Å². The van der Waals surface area contributed by atoms with Gasteiger partial charge in [-0.2, -0.15) is 0 Å². The van der Waals surface area contributed by atoms with E-state index < -0.39 is 6.67 Å². The van der Waals surface area contributed by atoms with Crippen LogP contribution in [0.4, 0.5) is 4.39 Å². The van der Waals surface area contributed by atoms with Crippen LogP contribution in [0.3, 0.4) is 0 Å². The zero-order valence-electron chi connectivity index (χ0n) is 8.61. The second kappa shape index (κ2) is 8.02. The van der Waals surface area contributed by atoms with Gasteiger partial charge in [0.15, 0.2) is 0 Å². The third-order valence-electron chi connectivity index (χ3n) is 2.00. The molecule has 0 rings (SSSR count). The number of rotatable bonds is 7. The molecule has 0 saturated heterocycles. The summed E-state index contributed by atoms with van der Waals surface area (Å²) in [4.78, 5) is 10.6. The molecule has 0 bridgehead atoms. The van der Waals surface area contributed by atoms with E-state index in [4.69, 9.17) is 0 Å². The highest BCUT2D eigenvalue weighted by Gasteiger charge is 2.08. The van der Waals surface area contributed by atoms with Crippen LogP contribution in [0, 0.1) is 0 Å². The Kier molecular flexibility index (Phi) is 7.65. The Morgan fingerprint density at radius 1 is 1.38 bits per heavy atom. The quantitative estimate of drug-likeness (QED) is 0.612. The molecule has 0 aromatic rings. The fraction of sp³-hybridized carbons (Fsp3) is 0.900. The summed E-state index contributed by atoms with van der Waals surface area (Å²) in [5.74, 6) is -0.141. The van der Waals surface area contributed by atoms with E-state index in [0.717, 1.165) is 19.3 Å². The zero-order chi connectivity index (χ0) is 10.1. The summed E-state index contributed by atoms with van der Waals surface area (Å²) in [6.07, 6.45) is 5.27. The molecule has 0 fully saturated rings. The van der Waals surface area contributed by atoms with Gasteiger partial charge in [-0.05, 0) is 6.42 Å². The maximum Gasteiger partial charge on any atom is 0.217 e. The predicted octanol–water partition coefficient (Wildman–Crippen LogP) is 2.43. The predicted molar refractivity (Wildman–Crippen MR) is 52.3 cm³/mol. The van der Waals surface area contributed by atoms with E-state index in [2.05, 4.69) is 12.2 Å². The van der Waals surface area contributed by atoms with Crippen LogP contribution in [0.15, 0.2) is 0 Å². The van der Waals surface area contributed by atoms with Crippen molar-refractivity contribution in [3.05, 3.63) is 0 Å². The Morgan fingerprint density at radius 3 is 2.54 bits per heavy atom. The van der Waals surface area contributed by atoms with Gasteiger partial charge in [0.05, 0.1) is 6.04 Å². The molecule has 0 aromatic carbocycles. The average Bonchev–Trinajstić information content (AvgIpc) is 2.09. The van der Waals surface area contributed by atoms with Crippen LogP contribution in [0.5, 0.6) is 0 Å². The minimum absolute atomic E-state index is 0.141. The van der Waals surface area contributed by atoms with Crippen molar-refractivity contribution in [2.45, 2.75) is 52.0 Å². The summed E-state index contributed by atoms with van der Waals surface area (Å²) < 4.78 is 12.3. The number of carbonyl (C=O) groups is 1. The van der Waals surface area contributed by atoms with Crippen molar-refractivity contribution in [1.29, 1.82) is 0 Å². The SMILES string of the molecule is CCCCCC[C@@H](CF)NC(C)=O. The first-order valence-electron chi connectivity index (χ1n) is 5.03. The van der Waals surface area contributed by atoms with Gasteiger partial charge in [-0.1, -0.05) is 32.6 Å². The Bertz CT molecular complexity index is 139. The molecule has 0 heterocycles. The van der Waals surface area contributed by atoms with Gasteiger partial charge in [0.1, 0.15) is 6.67 Å². The van der Waals surface area contributed by atoms with E-state index in [-0.39, 0.29) is 11.9 Å². The number of hydrogen-bond donors (Lipinski definition) is 1. The molecule has 78 valence electrons. The molecule has 0 aliphatic rings. The summed E-state index contributed by atoms with van der Waals surface area (Å²) in [6.45, 7) is 3.11. The van der Waals surface area contributed by atoms with Crippen LogP contribution in [0.1, 0.15) is 46.0 Å². The normalized spacial score (nSPS) is 12.5. The van der Waals surface area contributed by atoms with Gasteiger partial charge in [0.2, 0.25) is 5.91 Å². The number of halogens is 1. The maximum absolute atomic E-state index is 12.3. The van der Waals surface area contributed by atoms with Crippen LogP contribution in [0.2, 0.25) is 0 Å². The van der Waals surface area contributed by atoms with Crippen molar-refractivity contribution >= 4 is 5.91 Å². The standard InChI is InChI=1S/C10H20FNO/c1-3-4-5-6-7-10(8-11)12-9(2)13/h10H,3-8H2,1-2H3,(H,12,13)/t10-/m0/s1. The number of amides is 1. The van der Waals surface area contributed by atoms with E-state index >= 15 is 0 Å². The van der Waals surface area contributed by atoms with Crippen molar-refractivity contribution in [3.8, 4) is 0 Å². The van der Waals surface area contributed by atoms with Gasteiger partial charge in [-0.15, -0.1) is 0 Å². The van der Waals surface area contributed by atoms with Crippen LogP contribution in [-0.2, 0) is 4.79 Å². The molecule has 1 atom stereocenters. The van der Waals surface area contributed by atoms with Crippen molar-refractivity contribution in [2.24, 2.45) is 0 Å². The van der Waals surface area contributed by atoms with Gasteiger partial charge < -0.3 is 5.32 Å². The van der Waals surface area contributed by atoms with Crippen LogP contribution in [-0.4, -0.2) is 18.6 Å². The van der Waals surface area contributed by atoms with Crippen molar-refractivity contribution < 1.29 is 9.18 Å². The number of unbranched alkanes of at least 4 members (excludes halogenated alkanes) is 3. The Morgan fingerprint density at radius 2 is 2.08 bits per heavy atom. The highest BCUT2D eigenvalue weighted by Crippen LogP contribution is 2.05. The van der Waals surface area contributed by atoms with Crippen LogP contribution in [0.25, 0.3) is 0 Å². The molecule has 0 radical (unpaired) electrons. The van der Waals surface area contributed by atoms with Gasteiger partial charge in [-0.3, -0.25) is 4.79 Å². The molecule has 0 spiro atoms. The van der Waals surface area contributed by atoms with Gasteiger partial charge >= 0.3 is 0 Å². The fourth-order valence-corrected chi connectivity index (χ4v) is 1.29. The van der Waals surface area contributed by atoms with Gasteiger partial charge in [0.25, 0.3) is 0 Å². The number of hydrogen-bond acceptors (Lipinski definition) is 1. The molecule has 0 saturated carbocycles. The molecule has 3 heteroatoms. The van der Waals surface area contributed by atoms with E-state index in [9.17, 15) is 9.18 Å². The van der Waals surface area contributed by atoms with E-state index in [1.54, 1.807) is 0 Å². The van der Waals surface area contributed by atoms with Gasteiger partial charge in [0, 0.05) is 6.92 Å². The lowest BCUT2D eigenvalue weighted by atomic mass is 10.1. The highest BCUT2D eigenvalue weighted by molar-refractivity contribution is 5.73. The van der Waals surface area contributed by atoms with E-state index in [1.807, 2.05) is 0 Å². The molecule has 2 nitrogen and oxygen atoms in total. The molecule has 0 aromatic heterocycles. The van der Waals surface area contributed by atoms with Crippen molar-refractivity contribution in [2.75, 3.05) is 6.67 Å². The lowest BCUT2D eigenvalue weighted by Gasteiger charge is -2.13. The number of alkyl halides is 1. The zero-order valence-corrected chi connectivity index (χ0v) is 8.61. The molecular weight excluding hydrogens is 169 g/mol. The topological polar surface area (TPSA) is 29.1 Å². The molecule has 0 aliphatic heterocycles. The second-order valence-corrected chi connectivity index (χ2v) is 3.40. The van der Waals surface area contributed by atoms with Crippen molar-refractivity contribution in [1.82, 2.24) is 5.32 Å². The smallest absolute Gasteiger partial charge is 0.217 e. The first kappa shape index (κ1) is 12.4. The monoisotopic (exact) mass is 189 g/mol. The summed E-state index contributed by atoms with van der Waals surface area (Å²) in [6, 6.07) is -0.269. The summed E-state index contributed by atoms with van der Waals surface area (Å²) in [7, 11) is 0. The molecule has 1 N–H and O–H groups in total. The third-order valence-corrected chi connectivity index (χ3v) is 2.00. The van der Waals surface area contributed by atoms with E-state index in [1.165, 1.54) is 19.8 Å². The summed E-state index contributed by atoms with van der Waals surface area (Å²) in [5, 5.41) is 2.59. The first-order valence-corrected chi connectivity index (χ1v) is 5.03. The largest absolute Gasteiger partial charge is 0.351 e. The third kappa shape index (κ3) is 7.75. The molecule has 0 unspecified atom stereocenters. The molecule has 1 amide bonds. The second-order valence-electron chi connectivity index (χ2n) is 3.40. The molecule has 13 heavy (non-hydrogen) atoms. The summed E-state index contributed by atoms with van der Waals surface area (Å²) >= 11 is 0. The minimum atomic E-state index is -0.453. The lowest BCUT2D eigenvalue weighted by Crippen LogP contribution is -2.34. The van der Waals surface area contributed by atoms with Crippen molar-refractivity contribution in [3.63, 3.8) is 0 Å².